The van der Waals surface area contributed by atoms with Crippen LogP contribution in [0.25, 0.3) is 0 Å². The molecular weight excluding hydrogens is 188 g/mol. The fourth-order valence-electron chi connectivity index (χ4n) is 1.19. The van der Waals surface area contributed by atoms with Gasteiger partial charge in [-0.25, -0.2) is 8.42 Å². The lowest BCUT2D eigenvalue weighted by Crippen LogP contribution is -1.97. The van der Waals surface area contributed by atoms with Gasteiger partial charge in [0.15, 0.2) is 9.84 Å². The van der Waals surface area contributed by atoms with Crippen molar-refractivity contribution in [1.29, 1.82) is 0 Å². The summed E-state index contributed by atoms with van der Waals surface area (Å²) in [4.78, 5) is 0.362. The van der Waals surface area contributed by atoms with Crippen molar-refractivity contribution < 1.29 is 13.2 Å². The first kappa shape index (κ1) is 8.72. The molecule has 1 aromatic rings. The van der Waals surface area contributed by atoms with Crippen LogP contribution in [0, 0.1) is 0 Å². The SMILES string of the molecule is CS(=O)(=O)c1cccc(C2CO2)c1. The molecule has 0 radical (unpaired) electrons. The Morgan fingerprint density at radius 3 is 2.69 bits per heavy atom. The zero-order valence-electron chi connectivity index (χ0n) is 7.23. The lowest BCUT2D eigenvalue weighted by Gasteiger charge is -1.99. The summed E-state index contributed by atoms with van der Waals surface area (Å²) in [5.41, 5.74) is 0.947. The molecule has 0 aliphatic carbocycles. The number of hydrogen-bond acceptors (Lipinski definition) is 3. The molecule has 13 heavy (non-hydrogen) atoms. The van der Waals surface area contributed by atoms with E-state index < -0.39 is 9.84 Å². The van der Waals surface area contributed by atoms with E-state index in [4.69, 9.17) is 4.74 Å². The minimum atomic E-state index is -3.09. The van der Waals surface area contributed by atoms with Crippen molar-refractivity contribution in [3.63, 3.8) is 0 Å². The van der Waals surface area contributed by atoms with Gasteiger partial charge in [-0.05, 0) is 17.7 Å². The van der Waals surface area contributed by atoms with Crippen molar-refractivity contribution in [3.05, 3.63) is 29.8 Å². The highest BCUT2D eigenvalue weighted by Crippen LogP contribution is 2.30. The van der Waals surface area contributed by atoms with E-state index in [9.17, 15) is 8.42 Å². The van der Waals surface area contributed by atoms with Crippen LogP contribution < -0.4 is 0 Å². The topological polar surface area (TPSA) is 46.7 Å². The molecule has 1 aromatic carbocycles. The molecule has 1 saturated heterocycles. The minimum absolute atomic E-state index is 0.113. The van der Waals surface area contributed by atoms with Crippen molar-refractivity contribution in [1.82, 2.24) is 0 Å². The zero-order chi connectivity index (χ0) is 9.47. The first-order valence-corrected chi connectivity index (χ1v) is 5.88. The summed E-state index contributed by atoms with van der Waals surface area (Å²) in [5.74, 6) is 0. The Bertz CT molecular complexity index is 418. The molecule has 70 valence electrons. The molecule has 1 aliphatic rings. The van der Waals surface area contributed by atoms with Crippen LogP contribution in [0.2, 0.25) is 0 Å². The summed E-state index contributed by atoms with van der Waals surface area (Å²) in [6, 6.07) is 6.90. The summed E-state index contributed by atoms with van der Waals surface area (Å²) in [7, 11) is -3.09. The highest BCUT2D eigenvalue weighted by molar-refractivity contribution is 7.90. The third-order valence-electron chi connectivity index (χ3n) is 1.99. The Kier molecular flexibility index (Phi) is 1.89. The molecule has 1 atom stereocenters. The van der Waals surface area contributed by atoms with Crippen LogP contribution in [0.4, 0.5) is 0 Å². The molecule has 2 rings (SSSR count). The van der Waals surface area contributed by atoms with Gasteiger partial charge in [0, 0.05) is 6.26 Å². The zero-order valence-corrected chi connectivity index (χ0v) is 8.04. The van der Waals surface area contributed by atoms with Crippen molar-refractivity contribution >= 4 is 9.84 Å². The summed E-state index contributed by atoms with van der Waals surface area (Å²) in [5, 5.41) is 0. The predicted octanol–water partition coefficient (Wildman–Crippen LogP) is 1.16. The van der Waals surface area contributed by atoms with E-state index in [1.54, 1.807) is 18.2 Å². The lowest BCUT2D eigenvalue weighted by atomic mass is 10.2. The maximum Gasteiger partial charge on any atom is 0.175 e. The van der Waals surface area contributed by atoms with Gasteiger partial charge in [-0.2, -0.15) is 0 Å². The van der Waals surface area contributed by atoms with E-state index in [-0.39, 0.29) is 6.10 Å². The second kappa shape index (κ2) is 2.82. The Hall–Kier alpha value is -0.870. The Balaban J connectivity index is 2.43. The number of benzene rings is 1. The fourth-order valence-corrected chi connectivity index (χ4v) is 1.86. The molecule has 0 spiro atoms. The van der Waals surface area contributed by atoms with Gasteiger partial charge in [0.25, 0.3) is 0 Å². The maximum absolute atomic E-state index is 11.2. The first-order valence-electron chi connectivity index (χ1n) is 3.99. The van der Waals surface area contributed by atoms with Gasteiger partial charge in [-0.3, -0.25) is 0 Å². The van der Waals surface area contributed by atoms with Crippen LogP contribution >= 0.6 is 0 Å². The Morgan fingerprint density at radius 1 is 1.46 bits per heavy atom. The van der Waals surface area contributed by atoms with Crippen LogP contribution in [-0.2, 0) is 14.6 Å². The van der Waals surface area contributed by atoms with Gasteiger partial charge in [0.05, 0.1) is 11.5 Å². The number of ether oxygens (including phenoxy) is 1. The second-order valence-corrected chi connectivity index (χ2v) is 5.18. The van der Waals surface area contributed by atoms with Crippen molar-refractivity contribution in [2.75, 3.05) is 12.9 Å². The molecule has 4 heteroatoms. The maximum atomic E-state index is 11.2. The van der Waals surface area contributed by atoms with Crippen molar-refractivity contribution in [3.8, 4) is 0 Å². The van der Waals surface area contributed by atoms with Crippen molar-refractivity contribution in [2.45, 2.75) is 11.0 Å². The monoisotopic (exact) mass is 198 g/mol. The summed E-state index contributed by atoms with van der Waals surface area (Å²) < 4.78 is 27.4. The van der Waals surface area contributed by atoms with Gasteiger partial charge in [-0.1, -0.05) is 12.1 Å². The Morgan fingerprint density at radius 2 is 2.15 bits per heavy atom. The van der Waals surface area contributed by atoms with Crippen LogP contribution in [0.1, 0.15) is 11.7 Å². The second-order valence-electron chi connectivity index (χ2n) is 3.17. The van der Waals surface area contributed by atoms with Gasteiger partial charge in [0.1, 0.15) is 6.10 Å². The normalized spacial score (nSPS) is 21.5. The smallest absolute Gasteiger partial charge is 0.175 e. The molecule has 0 bridgehead atoms. The van der Waals surface area contributed by atoms with Gasteiger partial charge in [0.2, 0.25) is 0 Å². The fraction of sp³-hybridized carbons (Fsp3) is 0.333. The molecule has 0 aromatic heterocycles. The van der Waals surface area contributed by atoms with E-state index in [0.29, 0.717) is 11.5 Å². The largest absolute Gasteiger partial charge is 0.368 e. The van der Waals surface area contributed by atoms with E-state index in [2.05, 4.69) is 0 Å². The standard InChI is InChI=1S/C9H10O3S/c1-13(10,11)8-4-2-3-7(5-8)9-6-12-9/h2-5,9H,6H2,1H3. The number of rotatable bonds is 2. The number of hydrogen-bond donors (Lipinski definition) is 0. The molecule has 0 N–H and O–H groups in total. The molecule has 1 heterocycles. The number of epoxide rings is 1. The van der Waals surface area contributed by atoms with Crippen LogP contribution in [0.3, 0.4) is 0 Å². The third-order valence-corrected chi connectivity index (χ3v) is 3.10. The van der Waals surface area contributed by atoms with Gasteiger partial charge < -0.3 is 4.74 Å². The molecule has 1 unspecified atom stereocenters. The van der Waals surface area contributed by atoms with E-state index >= 15 is 0 Å². The van der Waals surface area contributed by atoms with E-state index in [1.165, 1.54) is 6.26 Å². The quantitative estimate of drug-likeness (QED) is 0.670. The van der Waals surface area contributed by atoms with Crippen LogP contribution in [0.15, 0.2) is 29.2 Å². The molecular formula is C9H10O3S. The molecule has 3 nitrogen and oxygen atoms in total. The lowest BCUT2D eigenvalue weighted by molar-refractivity contribution is 0.415. The predicted molar refractivity (Wildman–Crippen MR) is 48.2 cm³/mol. The highest BCUT2D eigenvalue weighted by Gasteiger charge is 2.25. The van der Waals surface area contributed by atoms with Gasteiger partial charge in [-0.15, -0.1) is 0 Å². The van der Waals surface area contributed by atoms with E-state index in [0.717, 1.165) is 5.56 Å². The van der Waals surface area contributed by atoms with Crippen LogP contribution in [0.5, 0.6) is 0 Å². The van der Waals surface area contributed by atoms with E-state index in [1.807, 2.05) is 6.07 Å². The number of sulfone groups is 1. The average Bonchev–Trinajstić information content (AvgIpc) is 2.85. The first-order chi connectivity index (χ1) is 6.07. The third kappa shape index (κ3) is 1.89. The van der Waals surface area contributed by atoms with Crippen LogP contribution in [-0.4, -0.2) is 21.3 Å². The molecule has 0 amide bonds. The molecule has 1 fully saturated rings. The summed E-state index contributed by atoms with van der Waals surface area (Å²) in [6.45, 7) is 0.702. The Labute approximate surface area is 77.3 Å². The summed E-state index contributed by atoms with van der Waals surface area (Å²) >= 11 is 0. The minimum Gasteiger partial charge on any atom is -0.368 e. The highest BCUT2D eigenvalue weighted by atomic mass is 32.2. The van der Waals surface area contributed by atoms with Crippen molar-refractivity contribution in [2.24, 2.45) is 0 Å². The van der Waals surface area contributed by atoms with Gasteiger partial charge >= 0.3 is 0 Å². The molecule has 0 saturated carbocycles. The molecule has 1 aliphatic heterocycles. The summed E-state index contributed by atoms with van der Waals surface area (Å²) in [6.07, 6.45) is 1.32. The average molecular weight is 198 g/mol.